The van der Waals surface area contributed by atoms with E-state index in [0.29, 0.717) is 11.4 Å². The number of pyridine rings is 1. The second kappa shape index (κ2) is 2.99. The minimum absolute atomic E-state index is 0.0543. The van der Waals surface area contributed by atoms with Gasteiger partial charge in [0.15, 0.2) is 0 Å². The van der Waals surface area contributed by atoms with E-state index >= 15 is 0 Å². The normalized spacial score (nSPS) is 10.3. The molecule has 3 nitrogen and oxygen atoms in total. The molecule has 0 bridgehead atoms. The molecule has 1 heterocycles. The summed E-state index contributed by atoms with van der Waals surface area (Å²) in [4.78, 5) is 0. The number of nitrogens with one attached hydrogen (secondary N) is 1. The molecule has 66 valence electrons. The van der Waals surface area contributed by atoms with Gasteiger partial charge < -0.3 is 5.21 Å². The van der Waals surface area contributed by atoms with Gasteiger partial charge in [0, 0.05) is 0 Å². The van der Waals surface area contributed by atoms with Gasteiger partial charge >= 0.3 is 0 Å². The Labute approximate surface area is 79.6 Å². The van der Waals surface area contributed by atoms with Crippen molar-refractivity contribution >= 4 is 23.2 Å². The van der Waals surface area contributed by atoms with Gasteiger partial charge in [0.25, 0.3) is 0 Å². The fourth-order valence-electron chi connectivity index (χ4n) is 0.896. The number of rotatable bonds is 0. The van der Waals surface area contributed by atoms with E-state index in [1.807, 2.05) is 0 Å². The minimum atomic E-state index is 0.0543. The number of nitrogens with zero attached hydrogens (tertiary/aromatic N) is 1. The molecule has 12 heavy (non-hydrogen) atoms. The molecule has 0 atom stereocenters. The monoisotopic (exact) mass is 206 g/mol. The van der Waals surface area contributed by atoms with Crippen LogP contribution in [0.1, 0.15) is 11.4 Å². The average Bonchev–Trinajstić information content (AvgIpc) is 2.08. The van der Waals surface area contributed by atoms with E-state index in [1.165, 1.54) is 0 Å². The molecule has 0 radical (unpaired) electrons. The summed E-state index contributed by atoms with van der Waals surface area (Å²) in [5, 5.41) is 17.2. The maximum Gasteiger partial charge on any atom is 0.0950 e. The van der Waals surface area contributed by atoms with Crippen molar-refractivity contribution in [2.75, 3.05) is 0 Å². The topological polar surface area (TPSA) is 49.0 Å². The number of halogens is 2. The van der Waals surface area contributed by atoms with Gasteiger partial charge in [-0.25, -0.2) is 0 Å². The Bertz CT molecular complexity index is 352. The molecule has 1 aromatic rings. The SMILES string of the molecule is Cc1c(Cl)c(=N)c(Cl)c(C)n1O. The zero-order valence-corrected chi connectivity index (χ0v) is 8.16. The largest absolute Gasteiger partial charge is 0.428 e. The zero-order valence-electron chi connectivity index (χ0n) is 6.65. The summed E-state index contributed by atoms with van der Waals surface area (Å²) in [5.74, 6) is 0. The Morgan fingerprint density at radius 2 is 1.50 bits per heavy atom. The van der Waals surface area contributed by atoms with Gasteiger partial charge in [-0.1, -0.05) is 23.2 Å². The van der Waals surface area contributed by atoms with Crippen LogP contribution in [0.3, 0.4) is 0 Å². The molecule has 0 aliphatic rings. The van der Waals surface area contributed by atoms with Crippen molar-refractivity contribution < 1.29 is 5.21 Å². The Hall–Kier alpha value is -0.670. The predicted molar refractivity (Wildman–Crippen MR) is 47.0 cm³/mol. The molecule has 0 unspecified atom stereocenters. The molecule has 0 aromatic carbocycles. The Balaban J connectivity index is 3.73. The van der Waals surface area contributed by atoms with Gasteiger partial charge in [0.1, 0.15) is 0 Å². The van der Waals surface area contributed by atoms with E-state index in [2.05, 4.69) is 0 Å². The highest BCUT2D eigenvalue weighted by atomic mass is 35.5. The maximum atomic E-state index is 9.36. The molecule has 2 N–H and O–H groups in total. The van der Waals surface area contributed by atoms with Crippen LogP contribution in [0.4, 0.5) is 0 Å². The van der Waals surface area contributed by atoms with Gasteiger partial charge in [0.05, 0.1) is 26.8 Å². The van der Waals surface area contributed by atoms with Crippen LogP contribution in [0.2, 0.25) is 10.0 Å². The van der Waals surface area contributed by atoms with Gasteiger partial charge in [0.2, 0.25) is 0 Å². The second-order valence-corrected chi connectivity index (χ2v) is 3.24. The molecule has 0 spiro atoms. The summed E-state index contributed by atoms with van der Waals surface area (Å²) < 4.78 is 0.878. The van der Waals surface area contributed by atoms with Crippen molar-refractivity contribution in [3.05, 3.63) is 26.8 Å². The van der Waals surface area contributed by atoms with Crippen LogP contribution < -0.4 is 5.36 Å². The first-order chi connectivity index (χ1) is 5.46. The fourth-order valence-corrected chi connectivity index (χ4v) is 1.29. The van der Waals surface area contributed by atoms with Crippen molar-refractivity contribution in [3.63, 3.8) is 0 Å². The highest BCUT2D eigenvalue weighted by Gasteiger charge is 2.10. The molecular weight excluding hydrogens is 199 g/mol. The molecule has 0 fully saturated rings. The highest BCUT2D eigenvalue weighted by molar-refractivity contribution is 6.34. The fraction of sp³-hybridized carbons (Fsp3) is 0.286. The van der Waals surface area contributed by atoms with Crippen molar-refractivity contribution in [1.82, 2.24) is 4.73 Å². The van der Waals surface area contributed by atoms with Gasteiger partial charge in [-0.05, 0) is 13.8 Å². The lowest BCUT2D eigenvalue weighted by Gasteiger charge is -2.10. The van der Waals surface area contributed by atoms with Crippen molar-refractivity contribution in [1.29, 1.82) is 5.41 Å². The zero-order chi connectivity index (χ0) is 9.46. The number of hydrogen-bond acceptors (Lipinski definition) is 2. The average molecular weight is 207 g/mol. The summed E-state index contributed by atoms with van der Waals surface area (Å²) in [6, 6.07) is 0. The van der Waals surface area contributed by atoms with Crippen LogP contribution in [0.25, 0.3) is 0 Å². The van der Waals surface area contributed by atoms with Crippen LogP contribution >= 0.6 is 23.2 Å². The molecule has 5 heteroatoms. The first kappa shape index (κ1) is 9.42. The Morgan fingerprint density at radius 1 is 1.17 bits per heavy atom. The van der Waals surface area contributed by atoms with E-state index in [0.717, 1.165) is 4.73 Å². The number of aromatic nitrogens is 1. The summed E-state index contributed by atoms with van der Waals surface area (Å²) >= 11 is 11.4. The molecule has 0 aliphatic carbocycles. The third kappa shape index (κ3) is 1.19. The second-order valence-electron chi connectivity index (χ2n) is 2.49. The molecule has 0 amide bonds. The predicted octanol–water partition coefficient (Wildman–Crippen LogP) is 2.13. The van der Waals surface area contributed by atoms with Crippen LogP contribution in [-0.2, 0) is 0 Å². The van der Waals surface area contributed by atoms with Crippen LogP contribution in [0, 0.1) is 19.3 Å². The molecule has 0 saturated carbocycles. The maximum absolute atomic E-state index is 9.36. The summed E-state index contributed by atoms with van der Waals surface area (Å²) in [7, 11) is 0. The van der Waals surface area contributed by atoms with Crippen molar-refractivity contribution in [2.24, 2.45) is 0 Å². The van der Waals surface area contributed by atoms with Crippen LogP contribution in [0.5, 0.6) is 0 Å². The summed E-state index contributed by atoms with van der Waals surface area (Å²) in [6.45, 7) is 3.23. The van der Waals surface area contributed by atoms with Crippen molar-refractivity contribution in [3.8, 4) is 0 Å². The molecule has 1 aromatic heterocycles. The van der Waals surface area contributed by atoms with Crippen LogP contribution in [-0.4, -0.2) is 9.94 Å². The standard InChI is InChI=1S/C7H8Cl2N2O/c1-3-5(8)7(10)6(9)4(2)11(3)12/h10,12H,1-2H3. The van der Waals surface area contributed by atoms with Gasteiger partial charge in [-0.3, -0.25) is 5.41 Å². The minimum Gasteiger partial charge on any atom is -0.428 e. The molecule has 1 rings (SSSR count). The summed E-state index contributed by atoms with van der Waals surface area (Å²) in [6.07, 6.45) is 0. The van der Waals surface area contributed by atoms with E-state index in [9.17, 15) is 5.21 Å². The Kier molecular flexibility index (Phi) is 2.35. The van der Waals surface area contributed by atoms with E-state index in [-0.39, 0.29) is 15.4 Å². The Morgan fingerprint density at radius 3 is 1.83 bits per heavy atom. The van der Waals surface area contributed by atoms with Gasteiger partial charge in [-0.2, -0.15) is 4.73 Å². The molecule has 0 aliphatic heterocycles. The quantitative estimate of drug-likeness (QED) is 0.629. The third-order valence-corrected chi connectivity index (χ3v) is 2.63. The van der Waals surface area contributed by atoms with E-state index in [1.54, 1.807) is 13.8 Å². The first-order valence-corrected chi connectivity index (χ1v) is 4.03. The van der Waals surface area contributed by atoms with Gasteiger partial charge in [-0.15, -0.1) is 0 Å². The van der Waals surface area contributed by atoms with E-state index < -0.39 is 0 Å². The lowest BCUT2D eigenvalue weighted by atomic mass is 10.3. The highest BCUT2D eigenvalue weighted by Crippen LogP contribution is 2.16. The summed E-state index contributed by atoms with van der Waals surface area (Å²) in [5.41, 5.74) is 0.840. The number of hydrogen-bond donors (Lipinski definition) is 2. The van der Waals surface area contributed by atoms with Crippen molar-refractivity contribution in [2.45, 2.75) is 13.8 Å². The molecule has 0 saturated heterocycles. The van der Waals surface area contributed by atoms with Crippen LogP contribution in [0.15, 0.2) is 0 Å². The first-order valence-electron chi connectivity index (χ1n) is 3.28. The molecular formula is C7H8Cl2N2O. The lowest BCUT2D eigenvalue weighted by molar-refractivity contribution is 0.171. The lowest BCUT2D eigenvalue weighted by Crippen LogP contribution is -2.15. The van der Waals surface area contributed by atoms with E-state index in [4.69, 9.17) is 28.6 Å². The third-order valence-electron chi connectivity index (χ3n) is 1.71. The smallest absolute Gasteiger partial charge is 0.0950 e.